The number of nitrogens with zero attached hydrogens (tertiary/aromatic N) is 4. The van der Waals surface area contributed by atoms with Gasteiger partial charge in [0.1, 0.15) is 0 Å². The number of carbonyl (C=O) groups excluding carboxylic acids is 1. The van der Waals surface area contributed by atoms with E-state index in [-0.39, 0.29) is 5.91 Å². The van der Waals surface area contributed by atoms with Gasteiger partial charge in [-0.1, -0.05) is 15.9 Å². The summed E-state index contributed by atoms with van der Waals surface area (Å²) in [4.78, 5) is 24.9. The predicted molar refractivity (Wildman–Crippen MR) is 98.2 cm³/mol. The van der Waals surface area contributed by atoms with Gasteiger partial charge in [-0.15, -0.1) is 0 Å². The van der Waals surface area contributed by atoms with Crippen molar-refractivity contribution >= 4 is 33.5 Å². The second-order valence-corrected chi connectivity index (χ2v) is 6.65. The predicted octanol–water partition coefficient (Wildman–Crippen LogP) is 2.31. The van der Waals surface area contributed by atoms with Crippen LogP contribution in [0.4, 0.5) is 11.6 Å². The number of amides is 1. The van der Waals surface area contributed by atoms with E-state index in [1.807, 2.05) is 30.0 Å². The van der Waals surface area contributed by atoms with Crippen molar-refractivity contribution < 1.29 is 4.79 Å². The van der Waals surface area contributed by atoms with Crippen LogP contribution in [0.3, 0.4) is 0 Å². The standard InChI is InChI=1S/C17H20BrN5O/c1-13-11-14(18)3-4-15(13)21-12-16(24)22-7-9-23(10-8-22)17-19-5-2-6-20-17/h2-6,11,21H,7-10,12H2,1H3. The monoisotopic (exact) mass is 389 g/mol. The van der Waals surface area contributed by atoms with Crippen LogP contribution in [0.25, 0.3) is 0 Å². The Kier molecular flexibility index (Phi) is 5.30. The highest BCUT2D eigenvalue weighted by atomic mass is 79.9. The van der Waals surface area contributed by atoms with Gasteiger partial charge in [-0.3, -0.25) is 4.79 Å². The van der Waals surface area contributed by atoms with Crippen LogP contribution < -0.4 is 10.2 Å². The maximum absolute atomic E-state index is 12.4. The number of nitrogens with one attached hydrogen (secondary N) is 1. The molecule has 0 saturated carbocycles. The van der Waals surface area contributed by atoms with Crippen LogP contribution in [0.5, 0.6) is 0 Å². The Morgan fingerprint density at radius 1 is 1.21 bits per heavy atom. The van der Waals surface area contributed by atoms with E-state index < -0.39 is 0 Å². The first-order valence-corrected chi connectivity index (χ1v) is 8.72. The maximum Gasteiger partial charge on any atom is 0.241 e. The molecule has 0 unspecified atom stereocenters. The van der Waals surface area contributed by atoms with Crippen molar-refractivity contribution in [2.75, 3.05) is 42.9 Å². The molecule has 1 aliphatic rings. The first-order valence-electron chi connectivity index (χ1n) is 7.93. The lowest BCUT2D eigenvalue weighted by atomic mass is 10.2. The molecule has 7 heteroatoms. The Labute approximate surface area is 150 Å². The van der Waals surface area contributed by atoms with Gasteiger partial charge in [-0.05, 0) is 36.8 Å². The molecule has 126 valence electrons. The van der Waals surface area contributed by atoms with E-state index in [1.165, 1.54) is 0 Å². The van der Waals surface area contributed by atoms with Crippen LogP contribution in [-0.4, -0.2) is 53.5 Å². The van der Waals surface area contributed by atoms with Gasteiger partial charge >= 0.3 is 0 Å². The Morgan fingerprint density at radius 2 is 1.92 bits per heavy atom. The lowest BCUT2D eigenvalue weighted by Crippen LogP contribution is -2.50. The van der Waals surface area contributed by atoms with Crippen LogP contribution in [-0.2, 0) is 4.79 Å². The summed E-state index contributed by atoms with van der Waals surface area (Å²) in [5.41, 5.74) is 2.10. The minimum absolute atomic E-state index is 0.117. The first-order chi connectivity index (χ1) is 11.6. The van der Waals surface area contributed by atoms with E-state index in [2.05, 4.69) is 36.1 Å². The molecule has 1 aromatic heterocycles. The third-order valence-electron chi connectivity index (χ3n) is 4.09. The molecule has 1 N–H and O–H groups in total. The summed E-state index contributed by atoms with van der Waals surface area (Å²) >= 11 is 3.45. The summed E-state index contributed by atoms with van der Waals surface area (Å²) in [6.07, 6.45) is 3.48. The molecule has 24 heavy (non-hydrogen) atoms. The largest absolute Gasteiger partial charge is 0.376 e. The molecule has 1 aromatic carbocycles. The number of aromatic nitrogens is 2. The molecule has 3 rings (SSSR count). The molecule has 1 amide bonds. The average Bonchev–Trinajstić information content (AvgIpc) is 2.62. The van der Waals surface area contributed by atoms with Gasteiger partial charge in [0.05, 0.1) is 6.54 Å². The molecule has 1 fully saturated rings. The Hall–Kier alpha value is -2.15. The summed E-state index contributed by atoms with van der Waals surface area (Å²) in [6.45, 7) is 5.23. The van der Waals surface area contributed by atoms with Crippen LogP contribution in [0.2, 0.25) is 0 Å². The molecule has 0 spiro atoms. The SMILES string of the molecule is Cc1cc(Br)ccc1NCC(=O)N1CCN(c2ncccn2)CC1. The second kappa shape index (κ2) is 7.61. The number of hydrogen-bond acceptors (Lipinski definition) is 5. The van der Waals surface area contributed by atoms with E-state index in [9.17, 15) is 4.79 Å². The lowest BCUT2D eigenvalue weighted by Gasteiger charge is -2.34. The molecule has 0 bridgehead atoms. The fraction of sp³-hybridized carbons (Fsp3) is 0.353. The number of piperazine rings is 1. The van der Waals surface area contributed by atoms with E-state index in [0.29, 0.717) is 19.6 Å². The van der Waals surface area contributed by atoms with Crippen LogP contribution in [0.1, 0.15) is 5.56 Å². The summed E-state index contributed by atoms with van der Waals surface area (Å²) in [6, 6.07) is 7.79. The Morgan fingerprint density at radius 3 is 2.58 bits per heavy atom. The van der Waals surface area contributed by atoms with Crippen molar-refractivity contribution in [2.24, 2.45) is 0 Å². The first kappa shape index (κ1) is 16.7. The normalized spacial score (nSPS) is 14.6. The molecular formula is C17H20BrN5O. The molecule has 1 saturated heterocycles. The van der Waals surface area contributed by atoms with Crippen molar-refractivity contribution in [1.29, 1.82) is 0 Å². The molecule has 0 radical (unpaired) electrons. The number of anilines is 2. The third-order valence-corrected chi connectivity index (χ3v) is 4.58. The second-order valence-electron chi connectivity index (χ2n) is 5.73. The van der Waals surface area contributed by atoms with Crippen molar-refractivity contribution in [3.8, 4) is 0 Å². The van der Waals surface area contributed by atoms with Gasteiger partial charge in [0.2, 0.25) is 11.9 Å². The minimum Gasteiger partial charge on any atom is -0.376 e. The number of hydrogen-bond donors (Lipinski definition) is 1. The molecule has 2 heterocycles. The van der Waals surface area contributed by atoms with E-state index in [4.69, 9.17) is 0 Å². The lowest BCUT2D eigenvalue weighted by molar-refractivity contribution is -0.129. The van der Waals surface area contributed by atoms with Crippen LogP contribution >= 0.6 is 15.9 Å². The van der Waals surface area contributed by atoms with Gasteiger partial charge < -0.3 is 15.1 Å². The summed E-state index contributed by atoms with van der Waals surface area (Å²) in [7, 11) is 0. The number of halogens is 1. The smallest absolute Gasteiger partial charge is 0.241 e. The zero-order chi connectivity index (χ0) is 16.9. The van der Waals surface area contributed by atoms with Gasteiger partial charge in [0.15, 0.2) is 0 Å². The summed E-state index contributed by atoms with van der Waals surface area (Å²) < 4.78 is 1.04. The maximum atomic E-state index is 12.4. The van der Waals surface area contributed by atoms with Crippen LogP contribution in [0.15, 0.2) is 41.1 Å². The van der Waals surface area contributed by atoms with E-state index >= 15 is 0 Å². The number of carbonyl (C=O) groups is 1. The minimum atomic E-state index is 0.117. The van der Waals surface area contributed by atoms with Gasteiger partial charge in [-0.2, -0.15) is 0 Å². The highest BCUT2D eigenvalue weighted by molar-refractivity contribution is 9.10. The molecular weight excluding hydrogens is 370 g/mol. The number of benzene rings is 1. The summed E-state index contributed by atoms with van der Waals surface area (Å²) in [5.74, 6) is 0.846. The third kappa shape index (κ3) is 4.03. The number of aryl methyl sites for hydroxylation is 1. The molecule has 6 nitrogen and oxygen atoms in total. The average molecular weight is 390 g/mol. The van der Waals surface area contributed by atoms with Crippen molar-refractivity contribution in [1.82, 2.24) is 14.9 Å². The fourth-order valence-electron chi connectivity index (χ4n) is 2.72. The molecule has 0 aliphatic carbocycles. The Bertz CT molecular complexity index is 701. The fourth-order valence-corrected chi connectivity index (χ4v) is 3.19. The van der Waals surface area contributed by atoms with Gasteiger partial charge in [-0.25, -0.2) is 9.97 Å². The quantitative estimate of drug-likeness (QED) is 0.868. The van der Waals surface area contributed by atoms with Gasteiger partial charge in [0.25, 0.3) is 0 Å². The summed E-state index contributed by atoms with van der Waals surface area (Å²) in [5, 5.41) is 3.23. The van der Waals surface area contributed by atoms with E-state index in [1.54, 1.807) is 18.5 Å². The van der Waals surface area contributed by atoms with Crippen molar-refractivity contribution in [3.63, 3.8) is 0 Å². The van der Waals surface area contributed by atoms with E-state index in [0.717, 1.165) is 34.8 Å². The van der Waals surface area contributed by atoms with Crippen molar-refractivity contribution in [2.45, 2.75) is 6.92 Å². The molecule has 0 atom stereocenters. The topological polar surface area (TPSA) is 61.4 Å². The van der Waals surface area contributed by atoms with Crippen LogP contribution in [0, 0.1) is 6.92 Å². The van der Waals surface area contributed by atoms with Gasteiger partial charge in [0, 0.05) is 48.7 Å². The molecule has 1 aliphatic heterocycles. The highest BCUT2D eigenvalue weighted by Crippen LogP contribution is 2.20. The zero-order valence-electron chi connectivity index (χ0n) is 13.6. The highest BCUT2D eigenvalue weighted by Gasteiger charge is 2.22. The molecule has 2 aromatic rings. The van der Waals surface area contributed by atoms with Crippen molar-refractivity contribution in [3.05, 3.63) is 46.7 Å². The zero-order valence-corrected chi connectivity index (χ0v) is 15.2. The Balaban J connectivity index is 1.50. The number of rotatable bonds is 4.